The molecule has 0 unspecified atom stereocenters. The lowest BCUT2D eigenvalue weighted by Gasteiger charge is -2.35. The van der Waals surface area contributed by atoms with E-state index in [0.717, 1.165) is 0 Å². The second-order valence-electron chi connectivity index (χ2n) is 5.79. The van der Waals surface area contributed by atoms with Crippen molar-refractivity contribution in [2.24, 2.45) is 0 Å². The Hall–Kier alpha value is -2.89. The van der Waals surface area contributed by atoms with Crippen molar-refractivity contribution in [3.8, 4) is 5.75 Å². The lowest BCUT2D eigenvalue weighted by Crippen LogP contribution is -2.50. The van der Waals surface area contributed by atoms with Crippen molar-refractivity contribution in [2.75, 3.05) is 33.3 Å². The topological polar surface area (TPSA) is 49.9 Å². The molecule has 2 aromatic carbocycles. The highest BCUT2D eigenvalue weighted by atomic mass is 19.1. The minimum atomic E-state index is -0.372. The van der Waals surface area contributed by atoms with Crippen LogP contribution in [0.15, 0.2) is 48.5 Å². The molecule has 1 aliphatic heterocycles. The monoisotopic (exact) mass is 342 g/mol. The zero-order valence-electron chi connectivity index (χ0n) is 13.9. The Morgan fingerprint density at radius 3 is 2.04 bits per heavy atom. The molecule has 2 aromatic rings. The van der Waals surface area contributed by atoms with Crippen molar-refractivity contribution < 1.29 is 18.7 Å². The van der Waals surface area contributed by atoms with Gasteiger partial charge in [0.2, 0.25) is 0 Å². The van der Waals surface area contributed by atoms with Crippen molar-refractivity contribution in [3.05, 3.63) is 65.5 Å². The fourth-order valence-corrected chi connectivity index (χ4v) is 2.88. The summed E-state index contributed by atoms with van der Waals surface area (Å²) in [6.45, 7) is 1.78. The SMILES string of the molecule is COc1ccccc1C(=O)N1CCN(C(=O)c2ccc(F)cc2)CC1. The number of methoxy groups -OCH3 is 1. The summed E-state index contributed by atoms with van der Waals surface area (Å²) in [5, 5.41) is 0. The van der Waals surface area contributed by atoms with Gasteiger partial charge in [0.1, 0.15) is 11.6 Å². The highest BCUT2D eigenvalue weighted by Gasteiger charge is 2.26. The Morgan fingerprint density at radius 1 is 0.880 bits per heavy atom. The van der Waals surface area contributed by atoms with Gasteiger partial charge in [-0.2, -0.15) is 0 Å². The van der Waals surface area contributed by atoms with Gasteiger partial charge in [-0.25, -0.2) is 4.39 Å². The van der Waals surface area contributed by atoms with Crippen molar-refractivity contribution in [2.45, 2.75) is 0 Å². The molecule has 0 atom stereocenters. The lowest BCUT2D eigenvalue weighted by molar-refractivity contribution is 0.0533. The Kier molecular flexibility index (Phi) is 4.97. The fourth-order valence-electron chi connectivity index (χ4n) is 2.88. The van der Waals surface area contributed by atoms with E-state index in [-0.39, 0.29) is 17.6 Å². The van der Waals surface area contributed by atoms with Crippen molar-refractivity contribution in [3.63, 3.8) is 0 Å². The van der Waals surface area contributed by atoms with Gasteiger partial charge in [0, 0.05) is 31.7 Å². The summed E-state index contributed by atoms with van der Waals surface area (Å²) in [7, 11) is 1.53. The van der Waals surface area contributed by atoms with E-state index in [1.165, 1.54) is 31.4 Å². The Morgan fingerprint density at radius 2 is 1.44 bits per heavy atom. The Labute approximate surface area is 145 Å². The van der Waals surface area contributed by atoms with E-state index in [1.54, 1.807) is 28.0 Å². The van der Waals surface area contributed by atoms with E-state index in [1.807, 2.05) is 6.07 Å². The average Bonchev–Trinajstić information content (AvgIpc) is 2.67. The number of nitrogens with zero attached hydrogens (tertiary/aromatic N) is 2. The largest absolute Gasteiger partial charge is 0.496 e. The molecule has 1 saturated heterocycles. The standard InChI is InChI=1S/C19H19FN2O3/c1-25-17-5-3-2-4-16(17)19(24)22-12-10-21(11-13-22)18(23)14-6-8-15(20)9-7-14/h2-9H,10-13H2,1H3. The van der Waals surface area contributed by atoms with Crippen LogP contribution in [0.1, 0.15) is 20.7 Å². The summed E-state index contributed by atoms with van der Waals surface area (Å²) in [4.78, 5) is 28.5. The summed E-state index contributed by atoms with van der Waals surface area (Å²) in [5.74, 6) is -0.0863. The first kappa shape index (κ1) is 17.0. The van der Waals surface area contributed by atoms with Gasteiger partial charge in [-0.05, 0) is 36.4 Å². The number of benzene rings is 2. The first-order valence-electron chi connectivity index (χ1n) is 8.07. The van der Waals surface area contributed by atoms with E-state index < -0.39 is 0 Å². The highest BCUT2D eigenvalue weighted by Crippen LogP contribution is 2.20. The van der Waals surface area contributed by atoms with Crippen molar-refractivity contribution >= 4 is 11.8 Å². The van der Waals surface area contributed by atoms with Crippen LogP contribution >= 0.6 is 0 Å². The minimum Gasteiger partial charge on any atom is -0.496 e. The van der Waals surface area contributed by atoms with Gasteiger partial charge in [-0.3, -0.25) is 9.59 Å². The fraction of sp³-hybridized carbons (Fsp3) is 0.263. The first-order valence-corrected chi connectivity index (χ1v) is 8.07. The van der Waals surface area contributed by atoms with Gasteiger partial charge < -0.3 is 14.5 Å². The quantitative estimate of drug-likeness (QED) is 0.861. The number of carbonyl (C=O) groups is 2. The zero-order chi connectivity index (χ0) is 17.8. The molecule has 3 rings (SSSR count). The number of piperazine rings is 1. The van der Waals surface area contributed by atoms with Crippen LogP contribution in [0.25, 0.3) is 0 Å². The van der Waals surface area contributed by atoms with Gasteiger partial charge in [0.05, 0.1) is 12.7 Å². The third-order valence-electron chi connectivity index (χ3n) is 4.28. The average molecular weight is 342 g/mol. The molecule has 0 bridgehead atoms. The van der Waals surface area contributed by atoms with Crippen LogP contribution in [0.3, 0.4) is 0 Å². The first-order chi connectivity index (χ1) is 12.1. The van der Waals surface area contributed by atoms with Crippen molar-refractivity contribution in [1.29, 1.82) is 0 Å². The summed E-state index contributed by atoms with van der Waals surface area (Å²) >= 11 is 0. The van der Waals surface area contributed by atoms with Crippen LogP contribution in [0.2, 0.25) is 0 Å². The Balaban J connectivity index is 1.64. The molecule has 0 N–H and O–H groups in total. The van der Waals surface area contributed by atoms with Crippen LogP contribution in [0.4, 0.5) is 4.39 Å². The zero-order valence-corrected chi connectivity index (χ0v) is 13.9. The van der Waals surface area contributed by atoms with Crippen LogP contribution in [-0.2, 0) is 0 Å². The number of rotatable bonds is 3. The number of amides is 2. The second-order valence-corrected chi connectivity index (χ2v) is 5.79. The molecule has 6 heteroatoms. The normalized spacial score (nSPS) is 14.3. The Bertz CT molecular complexity index is 768. The predicted molar refractivity (Wildman–Crippen MR) is 91.2 cm³/mol. The van der Waals surface area contributed by atoms with Gasteiger partial charge in [-0.1, -0.05) is 12.1 Å². The molecular formula is C19H19FN2O3. The molecule has 25 heavy (non-hydrogen) atoms. The molecule has 1 fully saturated rings. The van der Waals surface area contributed by atoms with Gasteiger partial charge >= 0.3 is 0 Å². The molecule has 0 aliphatic carbocycles. The number of para-hydroxylation sites is 1. The van der Waals surface area contributed by atoms with Crippen LogP contribution in [0.5, 0.6) is 5.75 Å². The molecule has 0 saturated carbocycles. The lowest BCUT2D eigenvalue weighted by atomic mass is 10.1. The van der Waals surface area contributed by atoms with Crippen LogP contribution in [-0.4, -0.2) is 54.9 Å². The molecule has 1 aliphatic rings. The predicted octanol–water partition coefficient (Wildman–Crippen LogP) is 2.43. The number of ether oxygens (including phenoxy) is 1. The number of halogens is 1. The minimum absolute atomic E-state index is 0.105. The third kappa shape index (κ3) is 3.63. The molecule has 0 spiro atoms. The van der Waals surface area contributed by atoms with E-state index in [0.29, 0.717) is 43.1 Å². The highest BCUT2D eigenvalue weighted by molar-refractivity contribution is 5.97. The third-order valence-corrected chi connectivity index (χ3v) is 4.28. The maximum atomic E-state index is 13.0. The maximum Gasteiger partial charge on any atom is 0.257 e. The number of hydrogen-bond acceptors (Lipinski definition) is 3. The molecule has 1 heterocycles. The van der Waals surface area contributed by atoms with Gasteiger partial charge in [0.25, 0.3) is 11.8 Å². The van der Waals surface area contributed by atoms with E-state index >= 15 is 0 Å². The summed E-state index contributed by atoms with van der Waals surface area (Å²) < 4.78 is 18.2. The second kappa shape index (κ2) is 7.34. The van der Waals surface area contributed by atoms with E-state index in [4.69, 9.17) is 4.74 Å². The number of carbonyl (C=O) groups excluding carboxylic acids is 2. The van der Waals surface area contributed by atoms with Crippen molar-refractivity contribution in [1.82, 2.24) is 9.80 Å². The van der Waals surface area contributed by atoms with Crippen LogP contribution in [0, 0.1) is 5.82 Å². The smallest absolute Gasteiger partial charge is 0.257 e. The van der Waals surface area contributed by atoms with Gasteiger partial charge in [-0.15, -0.1) is 0 Å². The molecular weight excluding hydrogens is 323 g/mol. The molecule has 2 amide bonds. The maximum absolute atomic E-state index is 13.0. The summed E-state index contributed by atoms with van der Waals surface area (Å²) in [6.07, 6.45) is 0. The van der Waals surface area contributed by atoms with E-state index in [2.05, 4.69) is 0 Å². The summed E-state index contributed by atoms with van der Waals surface area (Å²) in [5.41, 5.74) is 0.967. The number of hydrogen-bond donors (Lipinski definition) is 0. The van der Waals surface area contributed by atoms with E-state index in [9.17, 15) is 14.0 Å². The van der Waals surface area contributed by atoms with Crippen LogP contribution < -0.4 is 4.74 Å². The molecule has 0 aromatic heterocycles. The molecule has 5 nitrogen and oxygen atoms in total. The molecule has 0 radical (unpaired) electrons. The van der Waals surface area contributed by atoms with Gasteiger partial charge in [0.15, 0.2) is 0 Å². The molecule has 130 valence electrons. The summed E-state index contributed by atoms with van der Waals surface area (Å²) in [6, 6.07) is 12.6.